The molecule has 4 N–H and O–H groups in total. The Bertz CT molecular complexity index is 1470. The van der Waals surface area contributed by atoms with Gasteiger partial charge < -0.3 is 16.2 Å². The number of anilines is 2. The number of carbonyl (C=O) groups excluding carboxylic acids is 1. The van der Waals surface area contributed by atoms with Crippen molar-refractivity contribution in [3.05, 3.63) is 69.9 Å². The second kappa shape index (κ2) is 8.78. The molecule has 0 saturated carbocycles. The Balaban J connectivity index is 1.62. The molecule has 0 unspecified atom stereocenters. The summed E-state index contributed by atoms with van der Waals surface area (Å²) in [6, 6.07) is 5.72. The normalized spacial score (nSPS) is 12.7. The highest BCUT2D eigenvalue weighted by Gasteiger charge is 2.32. The molecule has 0 aliphatic rings. The first-order valence-electron chi connectivity index (χ1n) is 10.0. The minimum Gasteiger partial charge on any atom is -0.382 e. The van der Waals surface area contributed by atoms with Crippen LogP contribution in [0.1, 0.15) is 28.7 Å². The minimum absolute atomic E-state index is 0.128. The highest BCUT2D eigenvalue weighted by molar-refractivity contribution is 6.32. The van der Waals surface area contributed by atoms with E-state index in [2.05, 4.69) is 20.4 Å². The molecule has 0 spiro atoms. The standard InChI is InChI=1S/C22H17ClF4N6O2/c1-9-17-18(20(28)30-10(2)29-17)33(32-9)16-4-3-14(8-15(16)23)31-21(35)19(34)11-5-12(22(25,26)27)7-13(24)6-11/h3-8,19,34H,1-2H3,(H,31,35)(H2,28,29,30)/t19-/m1/s1. The summed E-state index contributed by atoms with van der Waals surface area (Å²) in [5.41, 5.74) is 6.26. The molecule has 0 saturated heterocycles. The predicted molar refractivity (Wildman–Crippen MR) is 121 cm³/mol. The van der Waals surface area contributed by atoms with Crippen LogP contribution in [-0.4, -0.2) is 30.8 Å². The highest BCUT2D eigenvalue weighted by Crippen LogP contribution is 2.33. The number of rotatable bonds is 4. The van der Waals surface area contributed by atoms with Crippen LogP contribution in [0.5, 0.6) is 0 Å². The molecule has 4 rings (SSSR count). The number of aryl methyl sites for hydroxylation is 2. The van der Waals surface area contributed by atoms with Crippen molar-refractivity contribution in [3.8, 4) is 5.69 Å². The van der Waals surface area contributed by atoms with Crippen LogP contribution in [0.4, 0.5) is 29.1 Å². The van der Waals surface area contributed by atoms with E-state index in [0.29, 0.717) is 40.4 Å². The first-order chi connectivity index (χ1) is 16.3. The van der Waals surface area contributed by atoms with Gasteiger partial charge in [-0.15, -0.1) is 0 Å². The first kappa shape index (κ1) is 24.4. The lowest BCUT2D eigenvalue weighted by atomic mass is 10.0. The Morgan fingerprint density at radius 3 is 2.54 bits per heavy atom. The smallest absolute Gasteiger partial charge is 0.382 e. The number of fused-ring (bicyclic) bond motifs is 1. The Hall–Kier alpha value is -3.77. The van der Waals surface area contributed by atoms with E-state index in [1.54, 1.807) is 13.8 Å². The average molecular weight is 509 g/mol. The molecule has 35 heavy (non-hydrogen) atoms. The van der Waals surface area contributed by atoms with Crippen molar-refractivity contribution in [2.24, 2.45) is 0 Å². The summed E-state index contributed by atoms with van der Waals surface area (Å²) in [5, 5.41) is 17.1. The topological polar surface area (TPSA) is 119 Å². The summed E-state index contributed by atoms with van der Waals surface area (Å²) in [6.07, 6.45) is -6.92. The van der Waals surface area contributed by atoms with Crippen molar-refractivity contribution in [1.82, 2.24) is 19.7 Å². The number of aromatic nitrogens is 4. The number of amides is 1. The summed E-state index contributed by atoms with van der Waals surface area (Å²) in [5.74, 6) is -1.66. The van der Waals surface area contributed by atoms with E-state index in [4.69, 9.17) is 17.3 Å². The monoisotopic (exact) mass is 508 g/mol. The third kappa shape index (κ3) is 4.75. The molecule has 0 bridgehead atoms. The number of benzene rings is 2. The zero-order chi connectivity index (χ0) is 25.7. The lowest BCUT2D eigenvalue weighted by Gasteiger charge is -2.15. The molecular formula is C22H17ClF4N6O2. The van der Waals surface area contributed by atoms with Gasteiger partial charge >= 0.3 is 6.18 Å². The number of nitrogens with two attached hydrogens (primary N) is 1. The van der Waals surface area contributed by atoms with Crippen LogP contribution < -0.4 is 11.1 Å². The molecule has 2 heterocycles. The van der Waals surface area contributed by atoms with E-state index in [-0.39, 0.29) is 22.6 Å². The molecule has 182 valence electrons. The van der Waals surface area contributed by atoms with E-state index in [1.807, 2.05) is 0 Å². The largest absolute Gasteiger partial charge is 0.416 e. The van der Waals surface area contributed by atoms with Crippen molar-refractivity contribution in [2.75, 3.05) is 11.1 Å². The van der Waals surface area contributed by atoms with Crippen LogP contribution in [0, 0.1) is 19.7 Å². The maximum Gasteiger partial charge on any atom is 0.416 e. The SMILES string of the molecule is Cc1nc(N)c2c(n1)c(C)nn2-c1ccc(NC(=O)[C@H](O)c2cc(F)cc(C(F)(F)F)c2)cc1Cl. The van der Waals surface area contributed by atoms with Crippen LogP contribution in [0.25, 0.3) is 16.7 Å². The van der Waals surface area contributed by atoms with Gasteiger partial charge in [0.25, 0.3) is 5.91 Å². The molecule has 2 aromatic heterocycles. The third-order valence-electron chi connectivity index (χ3n) is 5.08. The van der Waals surface area contributed by atoms with Crippen LogP contribution >= 0.6 is 11.6 Å². The molecule has 0 radical (unpaired) electrons. The molecule has 0 fully saturated rings. The van der Waals surface area contributed by atoms with Crippen molar-refractivity contribution in [2.45, 2.75) is 26.1 Å². The van der Waals surface area contributed by atoms with Gasteiger partial charge in [0.2, 0.25) is 0 Å². The molecule has 13 heteroatoms. The van der Waals surface area contributed by atoms with E-state index in [0.717, 1.165) is 0 Å². The van der Waals surface area contributed by atoms with Crippen molar-refractivity contribution < 1.29 is 27.5 Å². The zero-order valence-corrected chi connectivity index (χ0v) is 18.9. The van der Waals surface area contributed by atoms with E-state index in [9.17, 15) is 27.5 Å². The summed E-state index contributed by atoms with van der Waals surface area (Å²) in [6.45, 7) is 3.43. The van der Waals surface area contributed by atoms with Gasteiger partial charge in [0, 0.05) is 5.69 Å². The van der Waals surface area contributed by atoms with Crippen LogP contribution in [0.15, 0.2) is 36.4 Å². The second-order valence-electron chi connectivity index (χ2n) is 7.68. The molecule has 1 amide bonds. The molecule has 8 nitrogen and oxygen atoms in total. The fourth-order valence-corrected chi connectivity index (χ4v) is 3.78. The van der Waals surface area contributed by atoms with Crippen molar-refractivity contribution >= 4 is 40.0 Å². The maximum atomic E-state index is 13.6. The van der Waals surface area contributed by atoms with Gasteiger partial charge in [-0.2, -0.15) is 18.3 Å². The average Bonchev–Trinajstić information content (AvgIpc) is 3.08. The number of halogens is 5. The number of aliphatic hydroxyl groups excluding tert-OH is 1. The maximum absolute atomic E-state index is 13.6. The van der Waals surface area contributed by atoms with Gasteiger partial charge in [0.1, 0.15) is 22.7 Å². The zero-order valence-electron chi connectivity index (χ0n) is 18.2. The van der Waals surface area contributed by atoms with Gasteiger partial charge in [-0.1, -0.05) is 11.6 Å². The Morgan fingerprint density at radius 1 is 1.17 bits per heavy atom. The summed E-state index contributed by atoms with van der Waals surface area (Å²) in [7, 11) is 0. The van der Waals surface area contributed by atoms with E-state index in [1.165, 1.54) is 22.9 Å². The van der Waals surface area contributed by atoms with E-state index < -0.39 is 35.1 Å². The number of nitrogen functional groups attached to an aromatic ring is 1. The lowest BCUT2D eigenvalue weighted by Crippen LogP contribution is -2.21. The van der Waals surface area contributed by atoms with Crippen molar-refractivity contribution in [1.29, 1.82) is 0 Å². The summed E-state index contributed by atoms with van der Waals surface area (Å²) in [4.78, 5) is 20.9. The lowest BCUT2D eigenvalue weighted by molar-refractivity contribution is -0.138. The Morgan fingerprint density at radius 2 is 1.89 bits per heavy atom. The summed E-state index contributed by atoms with van der Waals surface area (Å²) < 4.78 is 53.9. The number of hydrogen-bond acceptors (Lipinski definition) is 6. The van der Waals surface area contributed by atoms with Gasteiger partial charge in [0.05, 0.1) is 22.0 Å². The highest BCUT2D eigenvalue weighted by atomic mass is 35.5. The van der Waals surface area contributed by atoms with Gasteiger partial charge in [-0.3, -0.25) is 4.79 Å². The summed E-state index contributed by atoms with van der Waals surface area (Å²) >= 11 is 6.40. The van der Waals surface area contributed by atoms with Gasteiger partial charge in [0.15, 0.2) is 11.9 Å². The quantitative estimate of drug-likeness (QED) is 0.349. The number of nitrogens with zero attached hydrogens (tertiary/aromatic N) is 4. The van der Waals surface area contributed by atoms with Crippen molar-refractivity contribution in [3.63, 3.8) is 0 Å². The Kier molecular flexibility index (Phi) is 6.11. The van der Waals surface area contributed by atoms with Crippen LogP contribution in [-0.2, 0) is 11.0 Å². The molecule has 0 aliphatic carbocycles. The Labute approximate surface area is 200 Å². The minimum atomic E-state index is -4.85. The number of aliphatic hydroxyl groups is 1. The third-order valence-corrected chi connectivity index (χ3v) is 5.38. The predicted octanol–water partition coefficient (Wildman–Crippen LogP) is 4.50. The fourth-order valence-electron chi connectivity index (χ4n) is 3.52. The molecular weight excluding hydrogens is 492 g/mol. The first-order valence-corrected chi connectivity index (χ1v) is 10.4. The fraction of sp³-hybridized carbons (Fsp3) is 0.182. The molecule has 4 aromatic rings. The van der Waals surface area contributed by atoms with Gasteiger partial charge in [-0.25, -0.2) is 19.0 Å². The van der Waals surface area contributed by atoms with Gasteiger partial charge in [-0.05, 0) is 55.8 Å². The number of nitrogens with one attached hydrogen (secondary N) is 1. The molecule has 2 aromatic carbocycles. The van der Waals surface area contributed by atoms with Crippen LogP contribution in [0.3, 0.4) is 0 Å². The number of hydrogen-bond donors (Lipinski definition) is 3. The molecule has 0 aliphatic heterocycles. The molecule has 1 atom stereocenters. The number of alkyl halides is 3. The van der Waals surface area contributed by atoms with Crippen LogP contribution in [0.2, 0.25) is 5.02 Å². The number of carbonyl (C=O) groups is 1. The van der Waals surface area contributed by atoms with E-state index >= 15 is 0 Å². The second-order valence-corrected chi connectivity index (χ2v) is 8.09.